The largest absolute Gasteiger partial charge is 0.374 e. The van der Waals surface area contributed by atoms with E-state index in [2.05, 4.69) is 19.1 Å². The van der Waals surface area contributed by atoms with Crippen LogP contribution < -0.4 is 0 Å². The van der Waals surface area contributed by atoms with Crippen LogP contribution in [0.25, 0.3) is 0 Å². The number of thioether (sulfide) groups is 1. The fourth-order valence-electron chi connectivity index (χ4n) is 3.70. The van der Waals surface area contributed by atoms with Gasteiger partial charge in [0, 0.05) is 0 Å². The number of allylic oxidation sites excluding steroid dienone is 2. The first-order valence-corrected chi connectivity index (χ1v) is 10.8. The molecule has 2 rings (SSSR count). The predicted octanol–water partition coefficient (Wildman–Crippen LogP) is 6.77. The highest BCUT2D eigenvalue weighted by atomic mass is 32.2. The first-order valence-electron chi connectivity index (χ1n) is 10.0. The Kier molecular flexibility index (Phi) is 8.26. The fourth-order valence-corrected chi connectivity index (χ4v) is 4.98. The van der Waals surface area contributed by atoms with Gasteiger partial charge in [-0.2, -0.15) is 0 Å². The third-order valence-electron chi connectivity index (χ3n) is 5.35. The van der Waals surface area contributed by atoms with E-state index >= 15 is 0 Å². The number of hydrogen-bond donors (Lipinski definition) is 1. The van der Waals surface area contributed by atoms with Crippen molar-refractivity contribution in [3.05, 3.63) is 24.3 Å². The monoisotopic (exact) mass is 336 g/mol. The van der Waals surface area contributed by atoms with Gasteiger partial charge >= 0.3 is 0 Å². The number of aliphatic hydroxyl groups is 1. The van der Waals surface area contributed by atoms with Crippen molar-refractivity contribution in [2.75, 3.05) is 0 Å². The lowest BCUT2D eigenvalue weighted by atomic mass is 9.91. The lowest BCUT2D eigenvalue weighted by Gasteiger charge is -2.15. The van der Waals surface area contributed by atoms with Gasteiger partial charge in [0.1, 0.15) is 4.93 Å². The molecule has 2 heteroatoms. The second kappa shape index (κ2) is 9.93. The van der Waals surface area contributed by atoms with Crippen molar-refractivity contribution >= 4 is 11.8 Å². The van der Waals surface area contributed by atoms with Crippen LogP contribution in [-0.4, -0.2) is 14.8 Å². The smallest absolute Gasteiger partial charge is 0.148 e. The zero-order valence-corrected chi connectivity index (χ0v) is 15.9. The highest BCUT2D eigenvalue weighted by molar-refractivity contribution is 8.09. The zero-order valence-electron chi connectivity index (χ0n) is 15.1. The van der Waals surface area contributed by atoms with Gasteiger partial charge in [0.05, 0.1) is 4.75 Å². The summed E-state index contributed by atoms with van der Waals surface area (Å²) in [5, 5.41) is 10.3. The molecule has 1 aliphatic carbocycles. The molecule has 0 spiro atoms. The Labute approximate surface area is 148 Å². The lowest BCUT2D eigenvalue weighted by molar-refractivity contribution is 0.193. The van der Waals surface area contributed by atoms with E-state index in [0.717, 1.165) is 6.42 Å². The van der Waals surface area contributed by atoms with Crippen molar-refractivity contribution in [2.24, 2.45) is 0 Å². The summed E-state index contributed by atoms with van der Waals surface area (Å²) in [6.45, 7) is 2.28. The molecule has 0 aromatic rings. The molecule has 2 unspecified atom stereocenters. The Bertz CT molecular complexity index is 389. The average Bonchev–Trinajstić information content (AvgIpc) is 3.18. The van der Waals surface area contributed by atoms with Crippen LogP contribution in [-0.2, 0) is 0 Å². The van der Waals surface area contributed by atoms with E-state index < -0.39 is 4.93 Å². The van der Waals surface area contributed by atoms with E-state index in [1.165, 1.54) is 83.5 Å². The second-order valence-electron chi connectivity index (χ2n) is 7.40. The normalized spacial score (nSPS) is 28.1. The Hall–Kier alpha value is -0.210. The standard InChI is InChI=1S/C21H36OS/c1-2-3-4-5-6-7-8-9-10-11-12-13-14-17-20-18-15-16-19-21(20,22)23-20/h15-16,18-19,22H,2-14,17H2,1H3. The highest BCUT2D eigenvalue weighted by Crippen LogP contribution is 2.67. The van der Waals surface area contributed by atoms with E-state index in [4.69, 9.17) is 0 Å². The maximum atomic E-state index is 10.3. The van der Waals surface area contributed by atoms with E-state index in [0.29, 0.717) is 0 Å². The van der Waals surface area contributed by atoms with Crippen LogP contribution in [0, 0.1) is 0 Å². The van der Waals surface area contributed by atoms with Gasteiger partial charge in [-0.25, -0.2) is 0 Å². The summed E-state index contributed by atoms with van der Waals surface area (Å²) < 4.78 is 0.0273. The number of hydrogen-bond acceptors (Lipinski definition) is 2. The third-order valence-corrected chi connectivity index (χ3v) is 6.98. The topological polar surface area (TPSA) is 20.2 Å². The average molecular weight is 337 g/mol. The van der Waals surface area contributed by atoms with E-state index in [-0.39, 0.29) is 4.75 Å². The molecule has 1 heterocycles. The molecule has 23 heavy (non-hydrogen) atoms. The van der Waals surface area contributed by atoms with Gasteiger partial charge in [-0.3, -0.25) is 0 Å². The van der Waals surface area contributed by atoms with Crippen LogP contribution >= 0.6 is 11.8 Å². The van der Waals surface area contributed by atoms with Crippen LogP contribution in [0.15, 0.2) is 24.3 Å². The summed E-state index contributed by atoms with van der Waals surface area (Å²) >= 11 is 1.72. The van der Waals surface area contributed by atoms with Crippen molar-refractivity contribution in [2.45, 2.75) is 106 Å². The van der Waals surface area contributed by atoms with Crippen LogP contribution in [0.1, 0.15) is 96.8 Å². The molecule has 1 aliphatic heterocycles. The molecular formula is C21H36OS. The van der Waals surface area contributed by atoms with Crippen LogP contribution in [0.5, 0.6) is 0 Å². The minimum Gasteiger partial charge on any atom is -0.374 e. The van der Waals surface area contributed by atoms with Gasteiger partial charge < -0.3 is 5.11 Å². The van der Waals surface area contributed by atoms with Crippen molar-refractivity contribution < 1.29 is 5.11 Å². The van der Waals surface area contributed by atoms with Crippen LogP contribution in [0.3, 0.4) is 0 Å². The minimum atomic E-state index is -0.571. The van der Waals surface area contributed by atoms with Gasteiger partial charge in [-0.1, -0.05) is 109 Å². The Balaban J connectivity index is 1.34. The summed E-state index contributed by atoms with van der Waals surface area (Å²) in [5.41, 5.74) is 0. The minimum absolute atomic E-state index is 0.0273. The third kappa shape index (κ3) is 5.98. The van der Waals surface area contributed by atoms with E-state index in [1.807, 2.05) is 12.2 Å². The summed E-state index contributed by atoms with van der Waals surface area (Å²) in [6.07, 6.45) is 27.6. The molecule has 0 aromatic heterocycles. The zero-order chi connectivity index (χ0) is 16.4. The summed E-state index contributed by atoms with van der Waals surface area (Å²) in [4.78, 5) is -0.571. The molecule has 0 radical (unpaired) electrons. The van der Waals surface area contributed by atoms with Crippen LogP contribution in [0.2, 0.25) is 0 Å². The van der Waals surface area contributed by atoms with Gasteiger partial charge in [0.15, 0.2) is 0 Å². The Morgan fingerprint density at radius 1 is 0.696 bits per heavy atom. The molecule has 0 aromatic carbocycles. The first-order chi connectivity index (χ1) is 11.2. The number of fused-ring (bicyclic) bond motifs is 1. The molecule has 1 N–H and O–H groups in total. The van der Waals surface area contributed by atoms with E-state index in [1.54, 1.807) is 11.8 Å². The van der Waals surface area contributed by atoms with Crippen molar-refractivity contribution in [1.29, 1.82) is 0 Å². The maximum absolute atomic E-state index is 10.3. The molecule has 132 valence electrons. The molecular weight excluding hydrogens is 300 g/mol. The maximum Gasteiger partial charge on any atom is 0.148 e. The summed E-state index contributed by atoms with van der Waals surface area (Å²) in [7, 11) is 0. The molecule has 1 nitrogen and oxygen atoms in total. The quantitative estimate of drug-likeness (QED) is 0.279. The van der Waals surface area contributed by atoms with Crippen molar-refractivity contribution in [1.82, 2.24) is 0 Å². The van der Waals surface area contributed by atoms with E-state index in [9.17, 15) is 5.11 Å². The van der Waals surface area contributed by atoms with Gasteiger partial charge in [-0.15, -0.1) is 11.8 Å². The molecule has 2 aliphatic rings. The predicted molar refractivity (Wildman–Crippen MR) is 104 cm³/mol. The Morgan fingerprint density at radius 3 is 1.70 bits per heavy atom. The molecule has 1 saturated heterocycles. The molecule has 0 bridgehead atoms. The summed E-state index contributed by atoms with van der Waals surface area (Å²) in [6, 6.07) is 0. The molecule has 2 atom stereocenters. The van der Waals surface area contributed by atoms with Gasteiger partial charge in [0.2, 0.25) is 0 Å². The van der Waals surface area contributed by atoms with Crippen LogP contribution in [0.4, 0.5) is 0 Å². The van der Waals surface area contributed by atoms with Gasteiger partial charge in [-0.05, 0) is 12.5 Å². The fraction of sp³-hybridized carbons (Fsp3) is 0.810. The number of rotatable bonds is 14. The van der Waals surface area contributed by atoms with Crippen molar-refractivity contribution in [3.63, 3.8) is 0 Å². The molecule has 0 amide bonds. The Morgan fingerprint density at radius 2 is 1.17 bits per heavy atom. The van der Waals surface area contributed by atoms with Crippen molar-refractivity contribution in [3.8, 4) is 0 Å². The molecule has 1 fully saturated rings. The highest BCUT2D eigenvalue weighted by Gasteiger charge is 2.65. The SMILES string of the molecule is CCCCCCCCCCCCCCCC12C=CC=CC1(O)S2. The lowest BCUT2D eigenvalue weighted by Crippen LogP contribution is -2.23. The number of unbranched alkanes of at least 4 members (excludes halogenated alkanes) is 12. The first kappa shape index (κ1) is 19.1. The van der Waals surface area contributed by atoms with Gasteiger partial charge in [0.25, 0.3) is 0 Å². The molecule has 0 saturated carbocycles. The summed E-state index contributed by atoms with van der Waals surface area (Å²) in [5.74, 6) is 0. The second-order valence-corrected chi connectivity index (χ2v) is 8.95.